The minimum absolute atomic E-state index is 0.268. The summed E-state index contributed by atoms with van der Waals surface area (Å²) < 4.78 is 9.38. The Morgan fingerprint density at radius 1 is 1.22 bits per heavy atom. The van der Waals surface area contributed by atoms with Crippen molar-refractivity contribution in [3.63, 3.8) is 0 Å². The molecule has 0 aliphatic carbocycles. The van der Waals surface area contributed by atoms with Crippen LogP contribution in [0, 0.1) is 0 Å². The molecule has 2 N–H and O–H groups in total. The molecule has 0 spiro atoms. The van der Waals surface area contributed by atoms with E-state index >= 15 is 0 Å². The van der Waals surface area contributed by atoms with E-state index in [9.17, 15) is 14.4 Å². The number of hydrogen-bond acceptors (Lipinski definition) is 5. The lowest BCUT2D eigenvalue weighted by molar-refractivity contribution is -0.144. The van der Waals surface area contributed by atoms with E-state index in [1.165, 1.54) is 14.0 Å². The molecule has 104 valence electrons. The monoisotopic (exact) mass is 260 g/mol. The summed E-state index contributed by atoms with van der Waals surface area (Å²) in [6.45, 7) is 6.36. The van der Waals surface area contributed by atoms with E-state index in [0.717, 1.165) is 0 Å². The molecule has 0 rings (SSSR count). The normalized spacial score (nSPS) is 12.3. The highest BCUT2D eigenvalue weighted by atomic mass is 16.6. The second kappa shape index (κ2) is 6.83. The van der Waals surface area contributed by atoms with E-state index in [-0.39, 0.29) is 6.54 Å². The van der Waals surface area contributed by atoms with Gasteiger partial charge >= 0.3 is 12.1 Å². The number of carbonyl (C=O) groups excluding carboxylic acids is 3. The maximum Gasteiger partial charge on any atom is 0.408 e. The Bertz CT molecular complexity index is 322. The first-order valence-electron chi connectivity index (χ1n) is 5.49. The Morgan fingerprint density at radius 3 is 2.22 bits per heavy atom. The molecule has 0 heterocycles. The molecule has 0 aromatic carbocycles. The van der Waals surface area contributed by atoms with Crippen molar-refractivity contribution >= 4 is 18.0 Å². The van der Waals surface area contributed by atoms with Crippen LogP contribution in [0.4, 0.5) is 4.79 Å². The number of nitrogens with one attached hydrogen (secondary N) is 2. The third-order valence-corrected chi connectivity index (χ3v) is 1.72. The van der Waals surface area contributed by atoms with Gasteiger partial charge in [0.05, 0.1) is 7.11 Å². The first-order chi connectivity index (χ1) is 8.15. The van der Waals surface area contributed by atoms with Gasteiger partial charge in [0, 0.05) is 0 Å². The van der Waals surface area contributed by atoms with Crippen molar-refractivity contribution in [3.05, 3.63) is 0 Å². The SMILES string of the molecule is COC(=O)[C@@H](C)NC(=O)CNC(=O)OC(C)(C)C. The van der Waals surface area contributed by atoms with E-state index < -0.39 is 29.6 Å². The van der Waals surface area contributed by atoms with Gasteiger partial charge in [-0.2, -0.15) is 0 Å². The summed E-state index contributed by atoms with van der Waals surface area (Å²) >= 11 is 0. The van der Waals surface area contributed by atoms with Crippen LogP contribution in [0.25, 0.3) is 0 Å². The topological polar surface area (TPSA) is 93.7 Å². The molecule has 1 atom stereocenters. The van der Waals surface area contributed by atoms with Crippen LogP contribution in [-0.4, -0.2) is 43.3 Å². The van der Waals surface area contributed by atoms with Gasteiger partial charge < -0.3 is 20.1 Å². The number of alkyl carbamates (subject to hydrolysis) is 1. The predicted octanol–water partition coefficient (Wildman–Crippen LogP) is 0.189. The van der Waals surface area contributed by atoms with Crippen molar-refractivity contribution < 1.29 is 23.9 Å². The third-order valence-electron chi connectivity index (χ3n) is 1.72. The smallest absolute Gasteiger partial charge is 0.408 e. The first kappa shape index (κ1) is 16.2. The molecule has 0 fully saturated rings. The number of rotatable bonds is 4. The van der Waals surface area contributed by atoms with Crippen LogP contribution in [-0.2, 0) is 19.1 Å². The molecule has 0 bridgehead atoms. The summed E-state index contributed by atoms with van der Waals surface area (Å²) in [6, 6.07) is -0.761. The summed E-state index contributed by atoms with van der Waals surface area (Å²) in [6.07, 6.45) is -0.691. The number of carbonyl (C=O) groups is 3. The van der Waals surface area contributed by atoms with Crippen LogP contribution in [0.3, 0.4) is 0 Å². The van der Waals surface area contributed by atoms with Gasteiger partial charge in [0.15, 0.2) is 0 Å². The van der Waals surface area contributed by atoms with Gasteiger partial charge in [0.25, 0.3) is 0 Å². The van der Waals surface area contributed by atoms with Gasteiger partial charge in [-0.15, -0.1) is 0 Å². The van der Waals surface area contributed by atoms with Gasteiger partial charge in [-0.05, 0) is 27.7 Å². The lowest BCUT2D eigenvalue weighted by Crippen LogP contribution is -2.45. The van der Waals surface area contributed by atoms with Gasteiger partial charge in [-0.25, -0.2) is 9.59 Å². The molecule has 0 radical (unpaired) electrons. The number of amides is 2. The zero-order chi connectivity index (χ0) is 14.3. The largest absolute Gasteiger partial charge is 0.467 e. The molecular weight excluding hydrogens is 240 g/mol. The third kappa shape index (κ3) is 7.48. The lowest BCUT2D eigenvalue weighted by atomic mass is 10.2. The van der Waals surface area contributed by atoms with Crippen molar-refractivity contribution in [2.24, 2.45) is 0 Å². The summed E-state index contributed by atoms with van der Waals surface area (Å²) in [5, 5.41) is 4.64. The second-order valence-electron chi connectivity index (χ2n) is 4.67. The molecular formula is C11H20N2O5. The van der Waals surface area contributed by atoms with Crippen molar-refractivity contribution in [2.45, 2.75) is 39.3 Å². The first-order valence-corrected chi connectivity index (χ1v) is 5.49. The van der Waals surface area contributed by atoms with Crippen LogP contribution >= 0.6 is 0 Å². The Morgan fingerprint density at radius 2 is 1.78 bits per heavy atom. The summed E-state index contributed by atoms with van der Waals surface area (Å²) in [5.74, 6) is -1.06. The maximum absolute atomic E-state index is 11.4. The molecule has 0 aromatic rings. The van der Waals surface area contributed by atoms with E-state index in [0.29, 0.717) is 0 Å². The molecule has 0 aliphatic heterocycles. The average Bonchev–Trinajstić information content (AvgIpc) is 2.22. The molecule has 0 unspecified atom stereocenters. The summed E-state index contributed by atoms with van der Waals surface area (Å²) in [7, 11) is 1.23. The van der Waals surface area contributed by atoms with Crippen molar-refractivity contribution in [1.82, 2.24) is 10.6 Å². The number of esters is 1. The Labute approximate surface area is 106 Å². The number of ether oxygens (including phenoxy) is 2. The summed E-state index contributed by atoms with van der Waals surface area (Å²) in [4.78, 5) is 33.6. The summed E-state index contributed by atoms with van der Waals surface area (Å²) in [5.41, 5.74) is -0.625. The molecule has 7 heteroatoms. The minimum Gasteiger partial charge on any atom is -0.467 e. The highest BCUT2D eigenvalue weighted by Crippen LogP contribution is 2.05. The molecule has 0 saturated carbocycles. The van der Waals surface area contributed by atoms with Crippen LogP contribution in [0.1, 0.15) is 27.7 Å². The highest BCUT2D eigenvalue weighted by Gasteiger charge is 2.18. The average molecular weight is 260 g/mol. The maximum atomic E-state index is 11.4. The Hall–Kier alpha value is -1.79. The minimum atomic E-state index is -0.761. The van der Waals surface area contributed by atoms with E-state index in [2.05, 4.69) is 15.4 Å². The molecule has 7 nitrogen and oxygen atoms in total. The van der Waals surface area contributed by atoms with Crippen molar-refractivity contribution in [1.29, 1.82) is 0 Å². The molecule has 2 amide bonds. The predicted molar refractivity (Wildman–Crippen MR) is 63.9 cm³/mol. The fourth-order valence-corrected chi connectivity index (χ4v) is 0.995. The molecule has 0 saturated heterocycles. The van der Waals surface area contributed by atoms with Gasteiger partial charge in [0.2, 0.25) is 5.91 Å². The second-order valence-corrected chi connectivity index (χ2v) is 4.67. The zero-order valence-corrected chi connectivity index (χ0v) is 11.3. The van der Waals surface area contributed by atoms with Crippen molar-refractivity contribution in [2.75, 3.05) is 13.7 Å². The standard InChI is InChI=1S/C11H20N2O5/c1-7(9(15)17-5)13-8(14)6-12-10(16)18-11(2,3)4/h7H,6H2,1-5H3,(H,12,16)(H,13,14)/t7-/m1/s1. The fraction of sp³-hybridized carbons (Fsp3) is 0.727. The van der Waals surface area contributed by atoms with E-state index in [1.807, 2.05) is 0 Å². The van der Waals surface area contributed by atoms with E-state index in [1.54, 1.807) is 20.8 Å². The van der Waals surface area contributed by atoms with Gasteiger partial charge in [0.1, 0.15) is 18.2 Å². The van der Waals surface area contributed by atoms with Crippen LogP contribution < -0.4 is 10.6 Å². The van der Waals surface area contributed by atoms with Crippen LogP contribution in [0.2, 0.25) is 0 Å². The van der Waals surface area contributed by atoms with E-state index in [4.69, 9.17) is 4.74 Å². The quantitative estimate of drug-likeness (QED) is 0.704. The zero-order valence-electron chi connectivity index (χ0n) is 11.3. The Kier molecular flexibility index (Phi) is 6.15. The Balaban J connectivity index is 3.98. The van der Waals surface area contributed by atoms with Crippen molar-refractivity contribution in [3.8, 4) is 0 Å². The number of hydrogen-bond donors (Lipinski definition) is 2. The van der Waals surface area contributed by atoms with Gasteiger partial charge in [-0.3, -0.25) is 4.79 Å². The van der Waals surface area contributed by atoms with Crippen LogP contribution in [0.5, 0.6) is 0 Å². The van der Waals surface area contributed by atoms with Crippen LogP contribution in [0.15, 0.2) is 0 Å². The lowest BCUT2D eigenvalue weighted by Gasteiger charge is -2.19. The molecule has 0 aliphatic rings. The highest BCUT2D eigenvalue weighted by molar-refractivity contribution is 5.86. The molecule has 0 aromatic heterocycles. The number of methoxy groups -OCH3 is 1. The fourth-order valence-electron chi connectivity index (χ4n) is 0.995. The van der Waals surface area contributed by atoms with Gasteiger partial charge in [-0.1, -0.05) is 0 Å². The molecule has 18 heavy (non-hydrogen) atoms.